The van der Waals surface area contributed by atoms with Crippen molar-refractivity contribution >= 4 is 0 Å². The first-order valence-corrected chi connectivity index (χ1v) is 9.13. The zero-order valence-electron chi connectivity index (χ0n) is 15.6. The van der Waals surface area contributed by atoms with Gasteiger partial charge in [0.05, 0.1) is 25.8 Å². The number of hydrogen-bond acceptors (Lipinski definition) is 6. The molecule has 1 unspecified atom stereocenters. The molecule has 1 aliphatic heterocycles. The van der Waals surface area contributed by atoms with E-state index < -0.39 is 0 Å². The van der Waals surface area contributed by atoms with E-state index in [2.05, 4.69) is 39.3 Å². The summed E-state index contributed by atoms with van der Waals surface area (Å²) < 4.78 is 16.5. The summed E-state index contributed by atoms with van der Waals surface area (Å²) in [6.07, 6.45) is 2.14. The summed E-state index contributed by atoms with van der Waals surface area (Å²) in [6.45, 7) is 1.91. The van der Waals surface area contributed by atoms with Crippen LogP contribution in [0, 0.1) is 0 Å². The van der Waals surface area contributed by atoms with Gasteiger partial charge >= 0.3 is 0 Å². The maximum absolute atomic E-state index is 5.64. The van der Waals surface area contributed by atoms with Crippen molar-refractivity contribution in [2.75, 3.05) is 20.8 Å². The number of rotatable bonds is 6. The van der Waals surface area contributed by atoms with Gasteiger partial charge in [0.1, 0.15) is 0 Å². The van der Waals surface area contributed by atoms with Crippen LogP contribution < -0.4 is 9.47 Å². The highest BCUT2D eigenvalue weighted by Gasteiger charge is 2.31. The second-order valence-corrected chi connectivity index (χ2v) is 6.61. The third-order valence-electron chi connectivity index (χ3n) is 4.96. The van der Waals surface area contributed by atoms with Gasteiger partial charge in [-0.3, -0.25) is 4.90 Å². The van der Waals surface area contributed by atoms with E-state index in [0.717, 1.165) is 31.5 Å². The van der Waals surface area contributed by atoms with E-state index in [0.29, 0.717) is 23.2 Å². The molecule has 1 fully saturated rings. The first-order valence-electron chi connectivity index (χ1n) is 9.13. The predicted octanol–water partition coefficient (Wildman–Crippen LogP) is 4.09. The Morgan fingerprint density at radius 2 is 1.93 bits per heavy atom. The molecule has 1 aromatic heterocycles. The van der Waals surface area contributed by atoms with Crippen LogP contribution in [0.5, 0.6) is 11.5 Å². The van der Waals surface area contributed by atoms with Crippen molar-refractivity contribution in [2.45, 2.75) is 25.4 Å². The van der Waals surface area contributed by atoms with Gasteiger partial charge in [0.25, 0.3) is 0 Å². The molecule has 1 atom stereocenters. The highest BCUT2D eigenvalue weighted by Crippen LogP contribution is 2.38. The lowest BCUT2D eigenvalue weighted by Gasteiger charge is -2.21. The van der Waals surface area contributed by atoms with Crippen LogP contribution in [0.1, 0.15) is 30.3 Å². The molecule has 0 radical (unpaired) electrons. The molecule has 2 aromatic carbocycles. The summed E-state index contributed by atoms with van der Waals surface area (Å²) in [5.74, 6) is 2.43. The third-order valence-corrected chi connectivity index (χ3v) is 4.96. The molecule has 3 aromatic rings. The Hall–Kier alpha value is -2.86. The summed E-state index contributed by atoms with van der Waals surface area (Å²) >= 11 is 0. The molecule has 0 N–H and O–H groups in total. The Labute approximate surface area is 158 Å². The van der Waals surface area contributed by atoms with Crippen LogP contribution in [0.15, 0.2) is 53.1 Å². The van der Waals surface area contributed by atoms with E-state index in [4.69, 9.17) is 14.0 Å². The SMILES string of the molecule is COc1cccc(-c2noc(C3CCCN3Cc3ccccc3)n2)c1OC. The number of aromatic nitrogens is 2. The Kier molecular flexibility index (Phi) is 5.07. The minimum atomic E-state index is 0.142. The molecule has 2 heterocycles. The first-order chi connectivity index (χ1) is 13.3. The number of ether oxygens (including phenoxy) is 2. The van der Waals surface area contributed by atoms with Crippen LogP contribution >= 0.6 is 0 Å². The highest BCUT2D eigenvalue weighted by atomic mass is 16.5. The van der Waals surface area contributed by atoms with Gasteiger partial charge in [-0.2, -0.15) is 4.98 Å². The summed E-state index contributed by atoms with van der Waals surface area (Å²) in [7, 11) is 3.23. The van der Waals surface area contributed by atoms with Gasteiger partial charge in [-0.1, -0.05) is 41.6 Å². The molecule has 0 amide bonds. The molecule has 4 rings (SSSR count). The number of methoxy groups -OCH3 is 2. The lowest BCUT2D eigenvalue weighted by Crippen LogP contribution is -2.22. The maximum Gasteiger partial charge on any atom is 0.244 e. The van der Waals surface area contributed by atoms with Gasteiger partial charge < -0.3 is 14.0 Å². The Morgan fingerprint density at radius 3 is 2.70 bits per heavy atom. The van der Waals surface area contributed by atoms with Gasteiger partial charge in [0.2, 0.25) is 11.7 Å². The largest absolute Gasteiger partial charge is 0.493 e. The van der Waals surface area contributed by atoms with E-state index in [9.17, 15) is 0 Å². The zero-order chi connectivity index (χ0) is 18.6. The average molecular weight is 365 g/mol. The lowest BCUT2D eigenvalue weighted by molar-refractivity contribution is 0.201. The van der Waals surface area contributed by atoms with Gasteiger partial charge in [-0.25, -0.2) is 0 Å². The molecular formula is C21H23N3O3. The molecule has 6 heteroatoms. The van der Waals surface area contributed by atoms with E-state index in [-0.39, 0.29) is 6.04 Å². The Bertz CT molecular complexity index is 895. The smallest absolute Gasteiger partial charge is 0.244 e. The van der Waals surface area contributed by atoms with Crippen molar-refractivity contribution in [1.82, 2.24) is 15.0 Å². The molecule has 1 aliphatic rings. The fraction of sp³-hybridized carbons (Fsp3) is 0.333. The van der Waals surface area contributed by atoms with Crippen LogP contribution in [0.3, 0.4) is 0 Å². The number of likely N-dealkylation sites (tertiary alicyclic amines) is 1. The number of nitrogens with zero attached hydrogens (tertiary/aromatic N) is 3. The fourth-order valence-electron chi connectivity index (χ4n) is 3.66. The number of benzene rings is 2. The van der Waals surface area contributed by atoms with Crippen LogP contribution in [0.4, 0.5) is 0 Å². The maximum atomic E-state index is 5.64. The van der Waals surface area contributed by atoms with Crippen molar-refractivity contribution in [3.8, 4) is 22.9 Å². The van der Waals surface area contributed by atoms with Crippen LogP contribution in [-0.2, 0) is 6.54 Å². The lowest BCUT2D eigenvalue weighted by atomic mass is 10.1. The first kappa shape index (κ1) is 17.5. The van der Waals surface area contributed by atoms with E-state index in [1.807, 2.05) is 24.3 Å². The van der Waals surface area contributed by atoms with Crippen LogP contribution in [0.25, 0.3) is 11.4 Å². The zero-order valence-corrected chi connectivity index (χ0v) is 15.6. The van der Waals surface area contributed by atoms with Gasteiger partial charge in [-0.05, 0) is 37.1 Å². The molecule has 0 saturated carbocycles. The number of para-hydroxylation sites is 1. The average Bonchev–Trinajstić information content (AvgIpc) is 3.37. The third kappa shape index (κ3) is 3.53. The van der Waals surface area contributed by atoms with Crippen molar-refractivity contribution < 1.29 is 14.0 Å². The normalized spacial score (nSPS) is 17.2. The van der Waals surface area contributed by atoms with Crippen molar-refractivity contribution in [3.05, 3.63) is 60.0 Å². The summed E-state index contributed by atoms with van der Waals surface area (Å²) in [6, 6.07) is 16.3. The molecule has 0 bridgehead atoms. The van der Waals surface area contributed by atoms with E-state index >= 15 is 0 Å². The highest BCUT2D eigenvalue weighted by molar-refractivity contribution is 5.68. The predicted molar refractivity (Wildman–Crippen MR) is 102 cm³/mol. The van der Waals surface area contributed by atoms with Crippen molar-refractivity contribution in [2.24, 2.45) is 0 Å². The van der Waals surface area contributed by atoms with Crippen LogP contribution in [0.2, 0.25) is 0 Å². The molecule has 1 saturated heterocycles. The molecule has 27 heavy (non-hydrogen) atoms. The van der Waals surface area contributed by atoms with Gasteiger partial charge in [-0.15, -0.1) is 0 Å². The van der Waals surface area contributed by atoms with Crippen LogP contribution in [-0.4, -0.2) is 35.8 Å². The summed E-state index contributed by atoms with van der Waals surface area (Å²) in [5.41, 5.74) is 2.05. The topological polar surface area (TPSA) is 60.6 Å². The molecular weight excluding hydrogens is 342 g/mol. The second-order valence-electron chi connectivity index (χ2n) is 6.61. The van der Waals surface area contributed by atoms with Crippen molar-refractivity contribution in [3.63, 3.8) is 0 Å². The van der Waals surface area contributed by atoms with Gasteiger partial charge in [0.15, 0.2) is 11.5 Å². The fourth-order valence-corrected chi connectivity index (χ4v) is 3.66. The minimum absolute atomic E-state index is 0.142. The Morgan fingerprint density at radius 1 is 1.07 bits per heavy atom. The second kappa shape index (κ2) is 7.80. The van der Waals surface area contributed by atoms with Gasteiger partial charge in [0, 0.05) is 6.54 Å². The number of hydrogen-bond donors (Lipinski definition) is 0. The van der Waals surface area contributed by atoms with E-state index in [1.165, 1.54) is 5.56 Å². The molecule has 140 valence electrons. The molecule has 6 nitrogen and oxygen atoms in total. The molecule has 0 spiro atoms. The van der Waals surface area contributed by atoms with Crippen molar-refractivity contribution in [1.29, 1.82) is 0 Å². The Balaban J connectivity index is 1.59. The summed E-state index contributed by atoms with van der Waals surface area (Å²) in [5, 5.41) is 4.21. The monoisotopic (exact) mass is 365 g/mol. The quantitative estimate of drug-likeness (QED) is 0.656. The summed E-state index contributed by atoms with van der Waals surface area (Å²) in [4.78, 5) is 7.08. The standard InChI is InChI=1S/C21H23N3O3/c1-25-18-12-6-10-16(19(18)26-2)20-22-21(27-23-20)17-11-7-13-24(17)14-15-8-4-3-5-9-15/h3-6,8-10,12,17H,7,11,13-14H2,1-2H3. The molecule has 0 aliphatic carbocycles. The van der Waals surface area contributed by atoms with E-state index in [1.54, 1.807) is 14.2 Å². The minimum Gasteiger partial charge on any atom is -0.493 e.